The molecule has 7 heteroatoms. The van der Waals surface area contributed by atoms with Crippen LogP contribution in [0.5, 0.6) is 5.75 Å². The number of aryl methyl sites for hydroxylation is 1. The molecule has 0 aliphatic heterocycles. The number of ether oxygens (including phenoxy) is 1. The van der Waals surface area contributed by atoms with Gasteiger partial charge in [0.2, 0.25) is 0 Å². The number of fused-ring (bicyclic) bond motifs is 1. The molecule has 5 nitrogen and oxygen atoms in total. The smallest absolute Gasteiger partial charge is 0.265 e. The number of carbonyl (C=O) groups is 1. The van der Waals surface area contributed by atoms with Crippen molar-refractivity contribution in [2.45, 2.75) is 6.92 Å². The number of thiophene rings is 1. The summed E-state index contributed by atoms with van der Waals surface area (Å²) in [5.74, 6) is 0.0337. The van der Waals surface area contributed by atoms with Crippen LogP contribution < -0.4 is 10.1 Å². The Balaban J connectivity index is 1.70. The maximum Gasteiger partial charge on any atom is 0.265 e. The first-order valence-electron chi connectivity index (χ1n) is 8.83. The van der Waals surface area contributed by atoms with Gasteiger partial charge in [0.1, 0.15) is 22.1 Å². The minimum absolute atomic E-state index is 0.243. The zero-order valence-corrected chi connectivity index (χ0v) is 16.2. The molecule has 1 N–H and O–H groups in total. The number of para-hydroxylation sites is 2. The Hall–Kier alpha value is -3.19. The number of anilines is 1. The lowest BCUT2D eigenvalue weighted by molar-refractivity contribution is 0.103. The molecule has 2 heterocycles. The van der Waals surface area contributed by atoms with Gasteiger partial charge in [-0.05, 0) is 37.3 Å². The minimum atomic E-state index is -0.342. The first kappa shape index (κ1) is 18.2. The molecule has 0 saturated carbocycles. The molecule has 2 aromatic heterocycles. The third-order valence-corrected chi connectivity index (χ3v) is 5.50. The van der Waals surface area contributed by atoms with E-state index in [1.807, 2.05) is 25.1 Å². The number of hydrogen-bond donors (Lipinski definition) is 1. The van der Waals surface area contributed by atoms with Crippen LogP contribution in [0.1, 0.15) is 16.6 Å². The quantitative estimate of drug-likeness (QED) is 0.512. The Bertz CT molecular complexity index is 1170. The highest BCUT2D eigenvalue weighted by Crippen LogP contribution is 2.35. The van der Waals surface area contributed by atoms with Gasteiger partial charge in [-0.15, -0.1) is 11.3 Å². The summed E-state index contributed by atoms with van der Waals surface area (Å²) in [6.07, 6.45) is 0. The molecule has 0 fully saturated rings. The zero-order valence-electron chi connectivity index (χ0n) is 15.4. The highest BCUT2D eigenvalue weighted by atomic mass is 32.1. The maximum atomic E-state index is 14.2. The summed E-state index contributed by atoms with van der Waals surface area (Å²) in [5.41, 5.74) is 1.56. The number of nitrogens with one attached hydrogen (secondary N) is 1. The molecule has 2 aromatic carbocycles. The highest BCUT2D eigenvalue weighted by Gasteiger charge is 2.20. The molecule has 0 aliphatic rings. The third-order valence-electron chi connectivity index (χ3n) is 4.30. The van der Waals surface area contributed by atoms with E-state index in [0.717, 1.165) is 10.2 Å². The number of aromatic nitrogens is 2. The summed E-state index contributed by atoms with van der Waals surface area (Å²) < 4.78 is 21.5. The Morgan fingerprint density at radius 3 is 2.75 bits per heavy atom. The zero-order chi connectivity index (χ0) is 19.7. The van der Waals surface area contributed by atoms with Crippen LogP contribution in [0.25, 0.3) is 21.5 Å². The monoisotopic (exact) mass is 395 g/mol. The Morgan fingerprint density at radius 1 is 1.21 bits per heavy atom. The predicted molar refractivity (Wildman–Crippen MR) is 110 cm³/mol. The van der Waals surface area contributed by atoms with Crippen LogP contribution in [0.4, 0.5) is 10.1 Å². The van der Waals surface area contributed by atoms with Crippen molar-refractivity contribution >= 4 is 33.1 Å². The van der Waals surface area contributed by atoms with E-state index in [4.69, 9.17) is 4.74 Å². The van der Waals surface area contributed by atoms with Crippen LogP contribution >= 0.6 is 11.3 Å². The molecule has 4 aromatic rings. The number of hydrogen-bond acceptors (Lipinski definition) is 4. The predicted octanol–water partition coefficient (Wildman–Crippen LogP) is 5.09. The van der Waals surface area contributed by atoms with Crippen molar-refractivity contribution in [2.24, 2.45) is 7.05 Å². The molecular formula is C21H18FN3O2S. The van der Waals surface area contributed by atoms with Gasteiger partial charge in [-0.3, -0.25) is 9.48 Å². The van der Waals surface area contributed by atoms with E-state index in [2.05, 4.69) is 10.4 Å². The SMILES string of the molecule is CCOc1ccccc1NC(=O)c1cc2c(-c3ccccc3F)nn(C)c2s1. The van der Waals surface area contributed by atoms with E-state index in [1.165, 1.54) is 17.4 Å². The van der Waals surface area contributed by atoms with Crippen molar-refractivity contribution in [2.75, 3.05) is 11.9 Å². The number of amides is 1. The molecule has 4 rings (SSSR count). The molecule has 0 bridgehead atoms. The van der Waals surface area contributed by atoms with Gasteiger partial charge in [-0.2, -0.15) is 5.10 Å². The molecule has 0 aliphatic carbocycles. The molecule has 0 unspecified atom stereocenters. The van der Waals surface area contributed by atoms with Crippen molar-refractivity contribution in [3.63, 3.8) is 0 Å². The summed E-state index contributed by atoms with van der Waals surface area (Å²) in [6, 6.07) is 15.5. The number of halogens is 1. The second-order valence-corrected chi connectivity index (χ2v) is 7.20. The Kier molecular flexibility index (Phi) is 4.83. The lowest BCUT2D eigenvalue weighted by Gasteiger charge is -2.10. The van der Waals surface area contributed by atoms with Crippen molar-refractivity contribution in [1.82, 2.24) is 9.78 Å². The lowest BCUT2D eigenvalue weighted by Crippen LogP contribution is -2.11. The maximum absolute atomic E-state index is 14.2. The molecule has 0 atom stereocenters. The van der Waals surface area contributed by atoms with Crippen LogP contribution in [0, 0.1) is 5.82 Å². The number of nitrogens with zero attached hydrogens (tertiary/aromatic N) is 2. The summed E-state index contributed by atoms with van der Waals surface area (Å²) in [5, 5.41) is 8.09. The van der Waals surface area contributed by atoms with Gasteiger partial charge >= 0.3 is 0 Å². The second kappa shape index (κ2) is 7.44. The standard InChI is InChI=1S/C21H18FN3O2S/c1-3-27-17-11-7-6-10-16(17)23-20(26)18-12-14-19(24-25(2)21(14)28-18)13-8-4-5-9-15(13)22/h4-12H,3H2,1-2H3,(H,23,26). The average Bonchev–Trinajstić information content (AvgIpc) is 3.25. The topological polar surface area (TPSA) is 56.1 Å². The van der Waals surface area contributed by atoms with E-state index < -0.39 is 0 Å². The van der Waals surface area contributed by atoms with Gasteiger partial charge < -0.3 is 10.1 Å². The van der Waals surface area contributed by atoms with Crippen LogP contribution in [-0.4, -0.2) is 22.3 Å². The van der Waals surface area contributed by atoms with Crippen LogP contribution in [0.3, 0.4) is 0 Å². The van der Waals surface area contributed by atoms with Crippen molar-refractivity contribution in [3.05, 3.63) is 65.3 Å². The molecule has 0 saturated heterocycles. The lowest BCUT2D eigenvalue weighted by atomic mass is 10.1. The Labute approximate surface area is 165 Å². The number of rotatable bonds is 5. The molecular weight excluding hydrogens is 377 g/mol. The fourth-order valence-corrected chi connectivity index (χ4v) is 4.01. The van der Waals surface area contributed by atoms with Gasteiger partial charge in [0, 0.05) is 18.0 Å². The fourth-order valence-electron chi connectivity index (χ4n) is 3.04. The summed E-state index contributed by atoms with van der Waals surface area (Å²) in [7, 11) is 1.79. The summed E-state index contributed by atoms with van der Waals surface area (Å²) in [4.78, 5) is 14.1. The van der Waals surface area contributed by atoms with Gasteiger partial charge in [0.05, 0.1) is 17.2 Å². The number of benzene rings is 2. The van der Waals surface area contributed by atoms with Crippen LogP contribution in [-0.2, 0) is 7.05 Å². The first-order chi connectivity index (χ1) is 13.6. The van der Waals surface area contributed by atoms with Crippen LogP contribution in [0.15, 0.2) is 54.6 Å². The Morgan fingerprint density at radius 2 is 1.96 bits per heavy atom. The molecule has 0 spiro atoms. The highest BCUT2D eigenvalue weighted by molar-refractivity contribution is 7.20. The summed E-state index contributed by atoms with van der Waals surface area (Å²) in [6.45, 7) is 2.40. The van der Waals surface area contributed by atoms with E-state index in [1.54, 1.807) is 42.1 Å². The van der Waals surface area contributed by atoms with E-state index in [9.17, 15) is 9.18 Å². The molecule has 1 amide bonds. The molecule has 0 radical (unpaired) electrons. The fraction of sp³-hybridized carbons (Fsp3) is 0.143. The normalized spacial score (nSPS) is 11.0. The van der Waals surface area contributed by atoms with Gasteiger partial charge in [-0.1, -0.05) is 24.3 Å². The largest absolute Gasteiger partial charge is 0.492 e. The van der Waals surface area contributed by atoms with E-state index in [0.29, 0.717) is 34.2 Å². The van der Waals surface area contributed by atoms with E-state index in [-0.39, 0.29) is 11.7 Å². The first-order valence-corrected chi connectivity index (χ1v) is 9.64. The van der Waals surface area contributed by atoms with Crippen molar-refractivity contribution in [3.8, 4) is 17.0 Å². The van der Waals surface area contributed by atoms with E-state index >= 15 is 0 Å². The minimum Gasteiger partial charge on any atom is -0.492 e. The number of carbonyl (C=O) groups excluding carboxylic acids is 1. The average molecular weight is 395 g/mol. The van der Waals surface area contributed by atoms with Gasteiger partial charge in [0.15, 0.2) is 0 Å². The van der Waals surface area contributed by atoms with Gasteiger partial charge in [0.25, 0.3) is 5.91 Å². The molecule has 28 heavy (non-hydrogen) atoms. The van der Waals surface area contributed by atoms with Crippen molar-refractivity contribution in [1.29, 1.82) is 0 Å². The van der Waals surface area contributed by atoms with Crippen molar-refractivity contribution < 1.29 is 13.9 Å². The van der Waals surface area contributed by atoms with Crippen LogP contribution in [0.2, 0.25) is 0 Å². The third kappa shape index (κ3) is 3.25. The second-order valence-electron chi connectivity index (χ2n) is 6.16. The summed E-state index contributed by atoms with van der Waals surface area (Å²) >= 11 is 1.32. The molecule has 142 valence electrons. The van der Waals surface area contributed by atoms with Gasteiger partial charge in [-0.25, -0.2) is 4.39 Å².